The molecule has 2 aromatic heterocycles. The lowest BCUT2D eigenvalue weighted by Gasteiger charge is -1.95. The standard InChI is InChI=1S/C7H6BrN3O/c8-7-9-6-5(4-12)2-1-3-11(6)10-7/h1-3,12H,4H2. The van der Waals surface area contributed by atoms with E-state index in [4.69, 9.17) is 5.11 Å². The van der Waals surface area contributed by atoms with Crippen molar-refractivity contribution in [3.63, 3.8) is 0 Å². The monoisotopic (exact) mass is 227 g/mol. The molecule has 0 unspecified atom stereocenters. The van der Waals surface area contributed by atoms with Crippen molar-refractivity contribution in [3.8, 4) is 0 Å². The maximum absolute atomic E-state index is 8.95. The van der Waals surface area contributed by atoms with Crippen molar-refractivity contribution in [2.24, 2.45) is 0 Å². The SMILES string of the molecule is OCc1cccn2nc(Br)nc12. The van der Waals surface area contributed by atoms with Gasteiger partial charge in [0.1, 0.15) is 0 Å². The van der Waals surface area contributed by atoms with Crippen LogP contribution in [-0.2, 0) is 6.61 Å². The molecule has 0 saturated heterocycles. The van der Waals surface area contributed by atoms with Gasteiger partial charge in [-0.1, -0.05) is 6.07 Å². The maximum Gasteiger partial charge on any atom is 0.218 e. The molecule has 1 N–H and O–H groups in total. The van der Waals surface area contributed by atoms with E-state index in [1.807, 2.05) is 12.1 Å². The Hall–Kier alpha value is -0.940. The first kappa shape index (κ1) is 7.70. The van der Waals surface area contributed by atoms with Crippen LogP contribution in [0.15, 0.2) is 23.1 Å². The van der Waals surface area contributed by atoms with E-state index in [0.717, 1.165) is 5.56 Å². The van der Waals surface area contributed by atoms with E-state index in [9.17, 15) is 0 Å². The molecule has 0 fully saturated rings. The molecule has 0 aliphatic carbocycles. The van der Waals surface area contributed by atoms with Gasteiger partial charge in [-0.3, -0.25) is 0 Å². The summed E-state index contributed by atoms with van der Waals surface area (Å²) >= 11 is 3.16. The molecule has 2 heterocycles. The molecule has 0 aliphatic heterocycles. The van der Waals surface area contributed by atoms with Crippen LogP contribution in [0.4, 0.5) is 0 Å². The highest BCUT2D eigenvalue weighted by atomic mass is 79.9. The van der Waals surface area contributed by atoms with Crippen LogP contribution in [0.2, 0.25) is 0 Å². The van der Waals surface area contributed by atoms with Crippen LogP contribution < -0.4 is 0 Å². The zero-order valence-corrected chi connectivity index (χ0v) is 7.69. The summed E-state index contributed by atoms with van der Waals surface area (Å²) in [7, 11) is 0. The topological polar surface area (TPSA) is 50.4 Å². The predicted octanol–water partition coefficient (Wildman–Crippen LogP) is 0.984. The van der Waals surface area contributed by atoms with Gasteiger partial charge in [-0.25, -0.2) is 9.50 Å². The molecule has 12 heavy (non-hydrogen) atoms. The van der Waals surface area contributed by atoms with Crippen LogP contribution in [0.1, 0.15) is 5.56 Å². The van der Waals surface area contributed by atoms with Gasteiger partial charge in [-0.05, 0) is 22.0 Å². The minimum Gasteiger partial charge on any atom is -0.392 e. The van der Waals surface area contributed by atoms with Crippen LogP contribution in [0.3, 0.4) is 0 Å². The van der Waals surface area contributed by atoms with E-state index in [2.05, 4.69) is 26.0 Å². The Morgan fingerprint density at radius 2 is 2.42 bits per heavy atom. The Bertz CT molecular complexity index is 412. The molecule has 5 heteroatoms. The fourth-order valence-electron chi connectivity index (χ4n) is 1.06. The van der Waals surface area contributed by atoms with Gasteiger partial charge in [0.15, 0.2) is 5.65 Å². The molecular weight excluding hydrogens is 222 g/mol. The quantitative estimate of drug-likeness (QED) is 0.791. The smallest absolute Gasteiger partial charge is 0.218 e. The first-order chi connectivity index (χ1) is 5.81. The molecular formula is C7H6BrN3O. The first-order valence-corrected chi connectivity index (χ1v) is 4.21. The Kier molecular flexibility index (Phi) is 1.82. The number of rotatable bonds is 1. The number of hydrogen-bond donors (Lipinski definition) is 1. The minimum atomic E-state index is -0.0184. The number of fused-ring (bicyclic) bond motifs is 1. The van der Waals surface area contributed by atoms with Gasteiger partial charge in [-0.2, -0.15) is 0 Å². The van der Waals surface area contributed by atoms with Crippen LogP contribution in [0.5, 0.6) is 0 Å². The van der Waals surface area contributed by atoms with Gasteiger partial charge in [-0.15, -0.1) is 5.10 Å². The Morgan fingerprint density at radius 1 is 1.58 bits per heavy atom. The average Bonchev–Trinajstić information content (AvgIpc) is 2.44. The molecule has 62 valence electrons. The number of aromatic nitrogens is 3. The summed E-state index contributed by atoms with van der Waals surface area (Å²) in [6, 6.07) is 3.64. The molecule has 4 nitrogen and oxygen atoms in total. The van der Waals surface area contributed by atoms with Crippen LogP contribution in [-0.4, -0.2) is 19.7 Å². The van der Waals surface area contributed by atoms with Crippen molar-refractivity contribution in [3.05, 3.63) is 28.6 Å². The molecule has 2 rings (SSSR count). The average molecular weight is 228 g/mol. The summed E-state index contributed by atoms with van der Waals surface area (Å²) < 4.78 is 2.15. The van der Waals surface area contributed by atoms with Crippen molar-refractivity contribution in [2.45, 2.75) is 6.61 Å². The minimum absolute atomic E-state index is 0.0184. The van der Waals surface area contributed by atoms with Crippen LogP contribution >= 0.6 is 15.9 Å². The molecule has 0 radical (unpaired) electrons. The molecule has 0 aromatic carbocycles. The summed E-state index contributed by atoms with van der Waals surface area (Å²) in [5.74, 6) is 0. The van der Waals surface area contributed by atoms with E-state index in [1.165, 1.54) is 0 Å². The normalized spacial score (nSPS) is 10.8. The maximum atomic E-state index is 8.95. The Morgan fingerprint density at radius 3 is 3.17 bits per heavy atom. The van der Waals surface area contributed by atoms with E-state index in [0.29, 0.717) is 10.4 Å². The zero-order valence-electron chi connectivity index (χ0n) is 6.11. The van der Waals surface area contributed by atoms with Gasteiger partial charge in [0.25, 0.3) is 0 Å². The highest BCUT2D eigenvalue weighted by Crippen LogP contribution is 2.11. The van der Waals surface area contributed by atoms with Gasteiger partial charge in [0.2, 0.25) is 4.73 Å². The number of aliphatic hydroxyl groups is 1. The first-order valence-electron chi connectivity index (χ1n) is 3.42. The van der Waals surface area contributed by atoms with Crippen LogP contribution in [0.25, 0.3) is 5.65 Å². The van der Waals surface area contributed by atoms with Crippen LogP contribution in [0, 0.1) is 0 Å². The summed E-state index contributed by atoms with van der Waals surface area (Å²) in [6.07, 6.45) is 1.78. The summed E-state index contributed by atoms with van der Waals surface area (Å²) in [4.78, 5) is 4.09. The molecule has 0 atom stereocenters. The molecule has 0 aliphatic rings. The highest BCUT2D eigenvalue weighted by molar-refractivity contribution is 9.10. The van der Waals surface area contributed by atoms with Gasteiger partial charge in [0, 0.05) is 11.8 Å². The fourth-order valence-corrected chi connectivity index (χ4v) is 1.40. The van der Waals surface area contributed by atoms with Crippen molar-refractivity contribution >= 4 is 21.6 Å². The fraction of sp³-hybridized carbons (Fsp3) is 0.143. The molecule has 0 bridgehead atoms. The van der Waals surface area contributed by atoms with Gasteiger partial charge >= 0.3 is 0 Å². The second-order valence-corrected chi connectivity index (χ2v) is 3.05. The molecule has 0 amide bonds. The lowest BCUT2D eigenvalue weighted by molar-refractivity contribution is 0.282. The second-order valence-electron chi connectivity index (χ2n) is 2.34. The lowest BCUT2D eigenvalue weighted by atomic mass is 10.3. The number of halogens is 1. The number of nitrogens with zero attached hydrogens (tertiary/aromatic N) is 3. The van der Waals surface area contributed by atoms with E-state index >= 15 is 0 Å². The lowest BCUT2D eigenvalue weighted by Crippen LogP contribution is -1.92. The summed E-state index contributed by atoms with van der Waals surface area (Å²) in [6.45, 7) is -0.0184. The van der Waals surface area contributed by atoms with E-state index in [1.54, 1.807) is 10.7 Å². The van der Waals surface area contributed by atoms with E-state index in [-0.39, 0.29) is 6.61 Å². The number of aliphatic hydroxyl groups excluding tert-OH is 1. The summed E-state index contributed by atoms with van der Waals surface area (Å²) in [5, 5.41) is 13.0. The van der Waals surface area contributed by atoms with Crippen molar-refractivity contribution in [1.82, 2.24) is 14.6 Å². The third-order valence-electron chi connectivity index (χ3n) is 1.59. The van der Waals surface area contributed by atoms with Crippen molar-refractivity contribution in [2.75, 3.05) is 0 Å². The largest absolute Gasteiger partial charge is 0.392 e. The molecule has 2 aromatic rings. The Balaban J connectivity index is 2.78. The second kappa shape index (κ2) is 2.84. The van der Waals surface area contributed by atoms with Gasteiger partial charge in [0.05, 0.1) is 6.61 Å². The van der Waals surface area contributed by atoms with Gasteiger partial charge < -0.3 is 5.11 Å². The van der Waals surface area contributed by atoms with Crippen molar-refractivity contribution in [1.29, 1.82) is 0 Å². The number of pyridine rings is 1. The molecule has 0 saturated carbocycles. The summed E-state index contributed by atoms with van der Waals surface area (Å²) in [5.41, 5.74) is 1.46. The molecule has 0 spiro atoms. The van der Waals surface area contributed by atoms with Crippen molar-refractivity contribution < 1.29 is 5.11 Å². The predicted molar refractivity (Wildman–Crippen MR) is 46.6 cm³/mol. The highest BCUT2D eigenvalue weighted by Gasteiger charge is 2.03. The zero-order chi connectivity index (χ0) is 8.55. The van der Waals surface area contributed by atoms with E-state index < -0.39 is 0 Å². The number of hydrogen-bond acceptors (Lipinski definition) is 3. The third kappa shape index (κ3) is 1.11. The Labute approximate surface area is 77.0 Å². The third-order valence-corrected chi connectivity index (χ3v) is 1.92.